The Kier molecular flexibility index (Phi) is 4.35. The van der Waals surface area contributed by atoms with Crippen LogP contribution < -0.4 is 10.9 Å². The van der Waals surface area contributed by atoms with Gasteiger partial charge in [-0.15, -0.1) is 0 Å². The molecule has 7 nitrogen and oxygen atoms in total. The molecule has 1 aromatic rings. The van der Waals surface area contributed by atoms with E-state index in [9.17, 15) is 23.7 Å². The van der Waals surface area contributed by atoms with Gasteiger partial charge in [0.05, 0.1) is 17.2 Å². The van der Waals surface area contributed by atoms with Crippen LogP contribution in [-0.4, -0.2) is 17.6 Å². The average Bonchev–Trinajstić information content (AvgIpc) is 2.25. The van der Waals surface area contributed by atoms with Crippen LogP contribution in [0.15, 0.2) is 12.1 Å². The van der Waals surface area contributed by atoms with Crippen LogP contribution in [0.2, 0.25) is 0 Å². The zero-order valence-electron chi connectivity index (χ0n) is 9.20. The molecule has 2 N–H and O–H groups in total. The molecular weight excluding hydrogens is 252 g/mol. The number of hydrogen-bond donors (Lipinski definition) is 2. The van der Waals surface area contributed by atoms with Crippen molar-refractivity contribution in [2.24, 2.45) is 0 Å². The van der Waals surface area contributed by atoms with Crippen molar-refractivity contribution in [2.75, 3.05) is 12.0 Å². The lowest BCUT2D eigenvalue weighted by Gasteiger charge is -2.08. The van der Waals surface area contributed by atoms with Crippen LogP contribution in [0.3, 0.4) is 0 Å². The smallest absolute Gasteiger partial charge is 0.425 e. The van der Waals surface area contributed by atoms with Gasteiger partial charge in [0.15, 0.2) is 0 Å². The van der Waals surface area contributed by atoms with E-state index in [-0.39, 0.29) is 12.3 Å². The summed E-state index contributed by atoms with van der Waals surface area (Å²) in [5, 5.41) is 10.3. The van der Waals surface area contributed by atoms with Gasteiger partial charge in [0.1, 0.15) is 0 Å². The third kappa shape index (κ3) is 3.27. The molecule has 0 aromatic heterocycles. The van der Waals surface area contributed by atoms with E-state index >= 15 is 0 Å². The number of hydrogen-bond acceptors (Lipinski definition) is 5. The molecule has 1 rings (SSSR count). The Bertz CT molecular complexity index is 458. The Hall–Kier alpha value is -2.45. The van der Waals surface area contributed by atoms with Crippen LogP contribution in [0.25, 0.3) is 0 Å². The molecule has 0 bridgehead atoms. The van der Waals surface area contributed by atoms with Crippen molar-refractivity contribution in [3.05, 3.63) is 33.9 Å². The number of halogens is 2. The zero-order chi connectivity index (χ0) is 13.7. The molecule has 0 radical (unpaired) electrons. The molecule has 0 fully saturated rings. The molecule has 0 aliphatic carbocycles. The highest BCUT2D eigenvalue weighted by Crippen LogP contribution is 2.24. The number of benzene rings is 1. The summed E-state index contributed by atoms with van der Waals surface area (Å²) in [6, 6.07) is 1.35. The molecule has 0 unspecified atom stereocenters. The van der Waals surface area contributed by atoms with Crippen molar-refractivity contribution in [2.45, 2.75) is 6.92 Å². The van der Waals surface area contributed by atoms with E-state index in [4.69, 9.17) is 0 Å². The first-order valence-electron chi connectivity index (χ1n) is 4.78. The lowest BCUT2D eigenvalue weighted by Crippen LogP contribution is -2.30. The lowest BCUT2D eigenvalue weighted by molar-refractivity contribution is -0.390. The molecule has 1 aromatic carbocycles. The molecule has 0 spiro atoms. The monoisotopic (exact) mass is 261 g/mol. The topological polar surface area (TPSA) is 93.5 Å². The van der Waals surface area contributed by atoms with E-state index in [0.29, 0.717) is 12.1 Å². The number of carbonyl (C=O) groups is 1. The maximum atomic E-state index is 13.2. The Balaban J connectivity index is 2.81. The summed E-state index contributed by atoms with van der Waals surface area (Å²) in [6.07, 6.45) is -0.850. The SMILES string of the molecule is CCOC(=O)NNc1cc(F)c([N+](=O)[O-])c(F)c1. The quantitative estimate of drug-likeness (QED) is 0.638. The largest absolute Gasteiger partial charge is 0.449 e. The summed E-state index contributed by atoms with van der Waals surface area (Å²) in [4.78, 5) is 20.0. The summed E-state index contributed by atoms with van der Waals surface area (Å²) >= 11 is 0. The van der Waals surface area contributed by atoms with Gasteiger partial charge in [0.25, 0.3) is 0 Å². The molecule has 1 amide bonds. The predicted octanol–water partition coefficient (Wildman–Crippen LogP) is 1.95. The first-order chi connectivity index (χ1) is 8.45. The van der Waals surface area contributed by atoms with Gasteiger partial charge in [0, 0.05) is 12.1 Å². The van der Waals surface area contributed by atoms with Crippen LogP contribution >= 0.6 is 0 Å². The number of ether oxygens (including phenoxy) is 1. The highest BCUT2D eigenvalue weighted by Gasteiger charge is 2.21. The van der Waals surface area contributed by atoms with Gasteiger partial charge in [-0.3, -0.25) is 15.5 Å². The minimum atomic E-state index is -1.35. The maximum Gasteiger partial charge on any atom is 0.425 e. The standard InChI is InChI=1S/C9H9F2N3O4/c1-2-18-9(15)13-12-5-3-6(10)8(14(16)17)7(11)4-5/h3-4,12H,2H2,1H3,(H,13,15). The number of rotatable bonds is 4. The Morgan fingerprint density at radius 1 is 1.44 bits per heavy atom. The van der Waals surface area contributed by atoms with Gasteiger partial charge >= 0.3 is 11.8 Å². The number of carbonyl (C=O) groups excluding carboxylic acids is 1. The summed E-state index contributed by atoms with van der Waals surface area (Å²) in [7, 11) is 0. The molecule has 0 atom stereocenters. The molecule has 0 aliphatic rings. The summed E-state index contributed by atoms with van der Waals surface area (Å²) < 4.78 is 30.8. The van der Waals surface area contributed by atoms with Crippen LogP contribution in [0, 0.1) is 21.7 Å². The van der Waals surface area contributed by atoms with E-state index in [2.05, 4.69) is 10.2 Å². The fourth-order valence-electron chi connectivity index (χ4n) is 1.10. The van der Waals surface area contributed by atoms with Gasteiger partial charge in [-0.25, -0.2) is 10.2 Å². The van der Waals surface area contributed by atoms with Crippen molar-refractivity contribution in [3.8, 4) is 0 Å². The molecular formula is C9H9F2N3O4. The van der Waals surface area contributed by atoms with Gasteiger partial charge in [-0.1, -0.05) is 0 Å². The third-order valence-corrected chi connectivity index (χ3v) is 1.78. The van der Waals surface area contributed by atoms with Crippen molar-refractivity contribution < 1.29 is 23.2 Å². The number of nitrogens with zero attached hydrogens (tertiary/aromatic N) is 1. The Morgan fingerprint density at radius 3 is 2.44 bits per heavy atom. The highest BCUT2D eigenvalue weighted by atomic mass is 19.1. The second kappa shape index (κ2) is 5.75. The van der Waals surface area contributed by atoms with E-state index in [0.717, 1.165) is 0 Å². The second-order valence-corrected chi connectivity index (χ2v) is 3.02. The minimum absolute atomic E-state index is 0.122. The predicted molar refractivity (Wildman–Crippen MR) is 56.8 cm³/mol. The van der Waals surface area contributed by atoms with Crippen LogP contribution in [-0.2, 0) is 4.74 Å². The van der Waals surface area contributed by atoms with E-state index in [1.165, 1.54) is 0 Å². The van der Waals surface area contributed by atoms with E-state index < -0.39 is 28.3 Å². The number of nitrogens with one attached hydrogen (secondary N) is 2. The maximum absolute atomic E-state index is 13.2. The van der Waals surface area contributed by atoms with Crippen molar-refractivity contribution in [1.29, 1.82) is 0 Å². The number of nitro benzene ring substituents is 1. The fourth-order valence-corrected chi connectivity index (χ4v) is 1.10. The highest BCUT2D eigenvalue weighted by molar-refractivity contribution is 5.69. The summed E-state index contributed by atoms with van der Waals surface area (Å²) in [5.74, 6) is -2.71. The zero-order valence-corrected chi connectivity index (χ0v) is 9.20. The van der Waals surface area contributed by atoms with Crippen molar-refractivity contribution in [1.82, 2.24) is 5.43 Å². The fraction of sp³-hybridized carbons (Fsp3) is 0.222. The molecule has 0 aliphatic heterocycles. The number of nitro groups is 1. The lowest BCUT2D eigenvalue weighted by atomic mass is 10.2. The van der Waals surface area contributed by atoms with Crippen LogP contribution in [0.5, 0.6) is 0 Å². The Morgan fingerprint density at radius 2 is 2.00 bits per heavy atom. The molecule has 9 heteroatoms. The molecule has 98 valence electrons. The molecule has 0 saturated carbocycles. The first kappa shape index (κ1) is 13.6. The van der Waals surface area contributed by atoms with E-state index in [1.807, 2.05) is 5.43 Å². The summed E-state index contributed by atoms with van der Waals surface area (Å²) in [5.41, 5.74) is 2.69. The van der Waals surface area contributed by atoms with Crippen LogP contribution in [0.1, 0.15) is 6.92 Å². The van der Waals surface area contributed by atoms with Gasteiger partial charge in [-0.2, -0.15) is 8.78 Å². The Labute approximate surface area is 99.9 Å². The molecule has 0 saturated heterocycles. The molecule has 18 heavy (non-hydrogen) atoms. The van der Waals surface area contributed by atoms with Crippen molar-refractivity contribution >= 4 is 17.5 Å². The van der Waals surface area contributed by atoms with Gasteiger partial charge < -0.3 is 4.74 Å². The van der Waals surface area contributed by atoms with Gasteiger partial charge in [0.2, 0.25) is 11.6 Å². The first-order valence-corrected chi connectivity index (χ1v) is 4.78. The third-order valence-electron chi connectivity index (χ3n) is 1.78. The number of amides is 1. The second-order valence-electron chi connectivity index (χ2n) is 3.02. The van der Waals surface area contributed by atoms with E-state index in [1.54, 1.807) is 6.92 Å². The summed E-state index contributed by atoms with van der Waals surface area (Å²) in [6.45, 7) is 1.70. The van der Waals surface area contributed by atoms with Crippen LogP contribution in [0.4, 0.5) is 25.0 Å². The van der Waals surface area contributed by atoms with Gasteiger partial charge in [-0.05, 0) is 6.92 Å². The minimum Gasteiger partial charge on any atom is -0.449 e. The number of hydrazine groups is 1. The molecule has 0 heterocycles. The normalized spacial score (nSPS) is 9.72. The van der Waals surface area contributed by atoms with Crippen molar-refractivity contribution in [3.63, 3.8) is 0 Å². The average molecular weight is 261 g/mol. The number of anilines is 1.